The van der Waals surface area contributed by atoms with E-state index in [-0.39, 0.29) is 20.9 Å². The van der Waals surface area contributed by atoms with Gasteiger partial charge in [0.05, 0.1) is 18.9 Å². The molecule has 0 fully saturated rings. The number of methoxy groups -OCH3 is 1. The fourth-order valence-corrected chi connectivity index (χ4v) is 1.54. The monoisotopic (exact) mass is 271 g/mol. The van der Waals surface area contributed by atoms with E-state index in [1.807, 2.05) is 0 Å². The Morgan fingerprint density at radius 1 is 1.62 bits per heavy atom. The number of nitrogens with zero attached hydrogens (tertiary/aromatic N) is 1. The molecule has 1 aromatic rings. The van der Waals surface area contributed by atoms with Gasteiger partial charge in [-0.05, 0) is 15.9 Å². The molecule has 72 valence electrons. The number of alkyl halides is 2. The van der Waals surface area contributed by atoms with E-state index in [4.69, 9.17) is 16.3 Å². The number of hydrogen-bond acceptors (Lipinski definition) is 2. The molecule has 0 atom stereocenters. The van der Waals surface area contributed by atoms with Crippen molar-refractivity contribution in [3.05, 3.63) is 21.4 Å². The first kappa shape index (κ1) is 10.7. The normalized spacial score (nSPS) is 10.6. The third-order valence-corrected chi connectivity index (χ3v) is 2.30. The summed E-state index contributed by atoms with van der Waals surface area (Å²) in [5, 5.41) is 0.0704. The first-order chi connectivity index (χ1) is 6.07. The van der Waals surface area contributed by atoms with Gasteiger partial charge >= 0.3 is 0 Å². The van der Waals surface area contributed by atoms with E-state index in [9.17, 15) is 8.78 Å². The molecule has 0 unspecified atom stereocenters. The van der Waals surface area contributed by atoms with Crippen molar-refractivity contribution in [3.8, 4) is 5.75 Å². The van der Waals surface area contributed by atoms with E-state index in [1.165, 1.54) is 13.3 Å². The molecule has 13 heavy (non-hydrogen) atoms. The van der Waals surface area contributed by atoms with Crippen molar-refractivity contribution in [2.75, 3.05) is 7.11 Å². The molecule has 0 aromatic carbocycles. The van der Waals surface area contributed by atoms with Crippen LogP contribution in [0.1, 0.15) is 12.0 Å². The van der Waals surface area contributed by atoms with Gasteiger partial charge in [0.1, 0.15) is 9.63 Å². The summed E-state index contributed by atoms with van der Waals surface area (Å²) in [7, 11) is 1.28. The van der Waals surface area contributed by atoms with Gasteiger partial charge < -0.3 is 4.74 Å². The van der Waals surface area contributed by atoms with E-state index in [1.54, 1.807) is 0 Å². The van der Waals surface area contributed by atoms with E-state index < -0.39 is 6.43 Å². The second-order valence-electron chi connectivity index (χ2n) is 2.14. The number of halogens is 4. The maximum absolute atomic E-state index is 12.4. The third kappa shape index (κ3) is 2.08. The molecule has 0 saturated heterocycles. The van der Waals surface area contributed by atoms with Crippen LogP contribution in [-0.4, -0.2) is 12.1 Å². The lowest BCUT2D eigenvalue weighted by atomic mass is 10.2. The first-order valence-corrected chi connectivity index (χ1v) is 4.41. The molecule has 0 amide bonds. The second-order valence-corrected chi connectivity index (χ2v) is 3.30. The standard InChI is InChI=1S/C7H5BrClF2NO/c1-13-5-3(9)2-12-6(8)4(5)7(10)11/h2,7H,1H3. The largest absolute Gasteiger partial charge is 0.495 e. The summed E-state index contributed by atoms with van der Waals surface area (Å²) in [4.78, 5) is 3.63. The minimum absolute atomic E-state index is 0.0430. The van der Waals surface area contributed by atoms with Gasteiger partial charge in [-0.15, -0.1) is 0 Å². The van der Waals surface area contributed by atoms with E-state index >= 15 is 0 Å². The van der Waals surface area contributed by atoms with Crippen LogP contribution >= 0.6 is 27.5 Å². The lowest BCUT2D eigenvalue weighted by molar-refractivity contribution is 0.145. The number of rotatable bonds is 2. The third-order valence-electron chi connectivity index (χ3n) is 1.40. The fourth-order valence-electron chi connectivity index (χ4n) is 0.860. The summed E-state index contributed by atoms with van der Waals surface area (Å²) in [6.45, 7) is 0. The van der Waals surface area contributed by atoms with Gasteiger partial charge in [-0.25, -0.2) is 13.8 Å². The van der Waals surface area contributed by atoms with Gasteiger partial charge in [0.15, 0.2) is 5.75 Å². The van der Waals surface area contributed by atoms with Crippen LogP contribution in [0.15, 0.2) is 10.8 Å². The highest BCUT2D eigenvalue weighted by molar-refractivity contribution is 9.10. The summed E-state index contributed by atoms with van der Waals surface area (Å²) < 4.78 is 29.7. The molecule has 1 aromatic heterocycles. The minimum Gasteiger partial charge on any atom is -0.495 e. The Hall–Kier alpha value is -0.420. The minimum atomic E-state index is -2.67. The van der Waals surface area contributed by atoms with E-state index in [2.05, 4.69) is 20.9 Å². The molecule has 0 aliphatic heterocycles. The Morgan fingerprint density at radius 3 is 2.62 bits per heavy atom. The maximum atomic E-state index is 12.4. The highest BCUT2D eigenvalue weighted by atomic mass is 79.9. The molecule has 0 aliphatic carbocycles. The summed E-state index contributed by atoms with van der Waals surface area (Å²) in [6.07, 6.45) is -1.42. The molecule has 1 heterocycles. The number of ether oxygens (including phenoxy) is 1. The van der Waals surface area contributed by atoms with Gasteiger partial charge in [0, 0.05) is 0 Å². The van der Waals surface area contributed by atoms with Crippen LogP contribution in [-0.2, 0) is 0 Å². The number of hydrogen-bond donors (Lipinski definition) is 0. The average Bonchev–Trinajstić information content (AvgIpc) is 2.07. The highest BCUT2D eigenvalue weighted by Crippen LogP contribution is 2.38. The summed E-state index contributed by atoms with van der Waals surface area (Å²) in [5.41, 5.74) is -0.324. The molecule has 1 rings (SSSR count). The zero-order valence-electron chi connectivity index (χ0n) is 6.52. The number of aromatic nitrogens is 1. The molecule has 0 radical (unpaired) electrons. The van der Waals surface area contributed by atoms with Gasteiger partial charge in [-0.2, -0.15) is 0 Å². The predicted octanol–water partition coefficient (Wildman–Crippen LogP) is 3.44. The second kappa shape index (κ2) is 4.19. The van der Waals surface area contributed by atoms with Crippen molar-refractivity contribution in [1.29, 1.82) is 0 Å². The van der Waals surface area contributed by atoms with Crippen LogP contribution in [0, 0.1) is 0 Å². The van der Waals surface area contributed by atoms with Gasteiger partial charge in [0.25, 0.3) is 6.43 Å². The summed E-state index contributed by atoms with van der Waals surface area (Å²) in [5.74, 6) is -0.0430. The topological polar surface area (TPSA) is 22.1 Å². The van der Waals surface area contributed by atoms with Gasteiger partial charge in [-0.1, -0.05) is 11.6 Å². The van der Waals surface area contributed by atoms with Crippen LogP contribution in [0.2, 0.25) is 5.02 Å². The summed E-state index contributed by atoms with van der Waals surface area (Å²) >= 11 is 8.50. The van der Waals surface area contributed by atoms with Crippen molar-refractivity contribution in [2.24, 2.45) is 0 Å². The Labute approximate surface area is 87.0 Å². The molecule has 2 nitrogen and oxygen atoms in total. The molecule has 0 aliphatic rings. The van der Waals surface area contributed by atoms with Gasteiger partial charge in [-0.3, -0.25) is 0 Å². The Balaban J connectivity index is 3.35. The fraction of sp³-hybridized carbons (Fsp3) is 0.286. The molecule has 0 bridgehead atoms. The van der Waals surface area contributed by atoms with Crippen molar-refractivity contribution >= 4 is 27.5 Å². The quantitative estimate of drug-likeness (QED) is 0.769. The molecule has 0 saturated carbocycles. The average molecular weight is 272 g/mol. The Kier molecular flexibility index (Phi) is 3.44. The van der Waals surface area contributed by atoms with Crippen LogP contribution in [0.4, 0.5) is 8.78 Å². The molecule has 0 spiro atoms. The van der Waals surface area contributed by atoms with Crippen LogP contribution in [0.3, 0.4) is 0 Å². The van der Waals surface area contributed by atoms with Crippen molar-refractivity contribution in [1.82, 2.24) is 4.98 Å². The predicted molar refractivity (Wildman–Crippen MR) is 48.5 cm³/mol. The van der Waals surface area contributed by atoms with Crippen LogP contribution in [0.5, 0.6) is 5.75 Å². The smallest absolute Gasteiger partial charge is 0.270 e. The SMILES string of the molecule is COc1c(Cl)cnc(Br)c1C(F)F. The van der Waals surface area contributed by atoms with Crippen molar-refractivity contribution in [2.45, 2.75) is 6.43 Å². The molecule has 6 heteroatoms. The van der Waals surface area contributed by atoms with Gasteiger partial charge in [0.2, 0.25) is 0 Å². The first-order valence-electron chi connectivity index (χ1n) is 3.24. The Bertz CT molecular complexity index is 322. The van der Waals surface area contributed by atoms with Crippen molar-refractivity contribution in [3.63, 3.8) is 0 Å². The number of pyridine rings is 1. The maximum Gasteiger partial charge on any atom is 0.270 e. The van der Waals surface area contributed by atoms with E-state index in [0.717, 1.165) is 0 Å². The lowest BCUT2D eigenvalue weighted by Gasteiger charge is -2.09. The zero-order valence-corrected chi connectivity index (χ0v) is 8.86. The molecular formula is C7H5BrClF2NO. The zero-order chi connectivity index (χ0) is 10.0. The summed E-state index contributed by atoms with van der Waals surface area (Å²) in [6, 6.07) is 0. The molecular weight excluding hydrogens is 267 g/mol. The van der Waals surface area contributed by atoms with Crippen LogP contribution in [0.25, 0.3) is 0 Å². The van der Waals surface area contributed by atoms with Crippen LogP contribution < -0.4 is 4.74 Å². The van der Waals surface area contributed by atoms with Crippen molar-refractivity contribution < 1.29 is 13.5 Å². The lowest BCUT2D eigenvalue weighted by Crippen LogP contribution is -1.96. The highest BCUT2D eigenvalue weighted by Gasteiger charge is 2.21. The van der Waals surface area contributed by atoms with E-state index in [0.29, 0.717) is 0 Å². The molecule has 0 N–H and O–H groups in total. The Morgan fingerprint density at radius 2 is 2.23 bits per heavy atom.